The van der Waals surface area contributed by atoms with Gasteiger partial charge in [-0.25, -0.2) is 4.98 Å². The highest BCUT2D eigenvalue weighted by Gasteiger charge is 2.09. The Morgan fingerprint density at radius 2 is 1.97 bits per heavy atom. The number of allylic oxidation sites excluding steroid dienone is 1. The molecule has 0 saturated heterocycles. The molecule has 2 aromatic carbocycles. The number of aromatic nitrogens is 2. The Kier molecular flexibility index (Phi) is 6.87. The summed E-state index contributed by atoms with van der Waals surface area (Å²) in [6.45, 7) is 0. The molecule has 0 atom stereocenters. The molecule has 8 heteroatoms. The molecule has 3 aromatic rings. The van der Waals surface area contributed by atoms with E-state index in [0.29, 0.717) is 33.9 Å². The summed E-state index contributed by atoms with van der Waals surface area (Å²) >= 11 is 6.29. The molecule has 0 fully saturated rings. The van der Waals surface area contributed by atoms with Crippen LogP contribution in [0.25, 0.3) is 0 Å². The van der Waals surface area contributed by atoms with Crippen molar-refractivity contribution >= 4 is 41.0 Å². The van der Waals surface area contributed by atoms with Gasteiger partial charge in [-0.05, 0) is 30.3 Å². The summed E-state index contributed by atoms with van der Waals surface area (Å²) in [6, 6.07) is 15.1. The molecule has 7 nitrogen and oxygen atoms in total. The number of hydrogen-bond acceptors (Lipinski definition) is 7. The quantitative estimate of drug-likeness (QED) is 0.285. The van der Waals surface area contributed by atoms with Crippen LogP contribution < -0.4 is 22.1 Å². The third-order valence-corrected chi connectivity index (χ3v) is 4.14. The molecule has 3 rings (SSSR count). The maximum atomic E-state index is 6.29. The number of rotatable bonds is 5. The lowest BCUT2D eigenvalue weighted by atomic mass is 10.1. The molecule has 0 saturated carbocycles. The van der Waals surface area contributed by atoms with E-state index in [1.54, 1.807) is 25.4 Å². The van der Waals surface area contributed by atoms with Crippen LogP contribution in [0.3, 0.4) is 0 Å². The van der Waals surface area contributed by atoms with Crippen molar-refractivity contribution in [3.8, 4) is 11.8 Å². The Bertz CT molecular complexity index is 1150. The number of nitrogens with two attached hydrogens (primary N) is 2. The molecule has 0 amide bonds. The minimum atomic E-state index is 0.305. The molecular formula is C22H20ClN7. The van der Waals surface area contributed by atoms with Gasteiger partial charge in [-0.15, -0.1) is 0 Å². The van der Waals surface area contributed by atoms with Gasteiger partial charge in [0.25, 0.3) is 0 Å². The standard InChI is InChI=1S/C22H20ClN7/c1-26-13-18(12-24)28-22-27-14-19(23)21(30-22)29-20-11-17(25)10-9-16(20)8-7-15-5-3-2-4-6-15/h2-6,9-14H,24-25H2,1H3,(H2,27,28,29,30)/b18-12+,26-13?. The Balaban J connectivity index is 1.92. The van der Waals surface area contributed by atoms with Crippen molar-refractivity contribution in [1.82, 2.24) is 9.97 Å². The topological polar surface area (TPSA) is 114 Å². The molecule has 0 spiro atoms. The van der Waals surface area contributed by atoms with Crippen LogP contribution in [0.15, 0.2) is 71.6 Å². The van der Waals surface area contributed by atoms with Crippen LogP contribution >= 0.6 is 11.6 Å². The van der Waals surface area contributed by atoms with Crippen molar-refractivity contribution < 1.29 is 0 Å². The Hall–Kier alpha value is -4.02. The number of benzene rings is 2. The molecule has 6 N–H and O–H groups in total. The highest BCUT2D eigenvalue weighted by molar-refractivity contribution is 6.33. The van der Waals surface area contributed by atoms with Crippen LogP contribution in [-0.4, -0.2) is 23.2 Å². The summed E-state index contributed by atoms with van der Waals surface area (Å²) in [5.74, 6) is 6.99. The smallest absolute Gasteiger partial charge is 0.229 e. The fourth-order valence-corrected chi connectivity index (χ4v) is 2.60. The SMILES string of the molecule is CN=C/C(=C\N)Nc1ncc(Cl)c(Nc2cc(N)ccc2C#Cc2ccccc2)n1. The molecule has 0 bridgehead atoms. The van der Waals surface area contributed by atoms with Crippen LogP contribution in [0.2, 0.25) is 5.02 Å². The number of anilines is 4. The zero-order valence-electron chi connectivity index (χ0n) is 16.2. The van der Waals surface area contributed by atoms with E-state index in [0.717, 1.165) is 11.1 Å². The summed E-state index contributed by atoms with van der Waals surface area (Å²) in [4.78, 5) is 12.5. The van der Waals surface area contributed by atoms with Crippen LogP contribution in [0.1, 0.15) is 11.1 Å². The van der Waals surface area contributed by atoms with Crippen LogP contribution in [0.5, 0.6) is 0 Å². The van der Waals surface area contributed by atoms with Crippen LogP contribution in [0, 0.1) is 11.8 Å². The zero-order chi connectivity index (χ0) is 21.3. The minimum absolute atomic E-state index is 0.305. The monoisotopic (exact) mass is 417 g/mol. The first kappa shape index (κ1) is 20.7. The van der Waals surface area contributed by atoms with E-state index in [9.17, 15) is 0 Å². The largest absolute Gasteiger partial charge is 0.403 e. The fraction of sp³-hybridized carbons (Fsp3) is 0.0455. The zero-order valence-corrected chi connectivity index (χ0v) is 17.0. The lowest BCUT2D eigenvalue weighted by Crippen LogP contribution is -2.08. The first-order chi connectivity index (χ1) is 14.6. The van der Waals surface area contributed by atoms with Gasteiger partial charge in [0.15, 0.2) is 5.82 Å². The van der Waals surface area contributed by atoms with Gasteiger partial charge in [0.1, 0.15) is 5.02 Å². The Labute approximate surface area is 179 Å². The van der Waals surface area contributed by atoms with Gasteiger partial charge in [-0.1, -0.05) is 41.6 Å². The second-order valence-corrected chi connectivity index (χ2v) is 6.48. The Morgan fingerprint density at radius 3 is 2.70 bits per heavy atom. The van der Waals surface area contributed by atoms with Gasteiger partial charge in [0.05, 0.1) is 17.6 Å². The van der Waals surface area contributed by atoms with Crippen molar-refractivity contribution in [3.05, 3.63) is 82.8 Å². The maximum Gasteiger partial charge on any atom is 0.229 e. The van der Waals surface area contributed by atoms with E-state index < -0.39 is 0 Å². The van der Waals surface area contributed by atoms with Crippen molar-refractivity contribution in [1.29, 1.82) is 0 Å². The lowest BCUT2D eigenvalue weighted by molar-refractivity contribution is 1.15. The van der Waals surface area contributed by atoms with Crippen LogP contribution in [-0.2, 0) is 0 Å². The highest BCUT2D eigenvalue weighted by atomic mass is 35.5. The van der Waals surface area contributed by atoms with Gasteiger partial charge >= 0.3 is 0 Å². The van der Waals surface area contributed by atoms with E-state index in [-0.39, 0.29) is 0 Å². The number of halogens is 1. The number of nitrogen functional groups attached to an aromatic ring is 1. The fourth-order valence-electron chi connectivity index (χ4n) is 2.46. The maximum absolute atomic E-state index is 6.29. The predicted molar refractivity (Wildman–Crippen MR) is 124 cm³/mol. The number of aliphatic imine (C=N–C) groups is 1. The summed E-state index contributed by atoms with van der Waals surface area (Å²) in [6.07, 6.45) is 4.41. The number of nitrogens with zero attached hydrogens (tertiary/aromatic N) is 3. The lowest BCUT2D eigenvalue weighted by Gasteiger charge is -2.12. The number of nitrogens with one attached hydrogen (secondary N) is 2. The van der Waals surface area contributed by atoms with Crippen LogP contribution in [0.4, 0.5) is 23.1 Å². The Morgan fingerprint density at radius 1 is 1.17 bits per heavy atom. The molecule has 0 aliphatic carbocycles. The third-order valence-electron chi connectivity index (χ3n) is 3.86. The molecule has 0 radical (unpaired) electrons. The molecular weight excluding hydrogens is 398 g/mol. The van der Waals surface area contributed by atoms with E-state index in [2.05, 4.69) is 37.4 Å². The van der Waals surface area contributed by atoms with Crippen molar-refractivity contribution in [2.24, 2.45) is 10.7 Å². The van der Waals surface area contributed by atoms with Gasteiger partial charge in [0, 0.05) is 36.3 Å². The second kappa shape index (κ2) is 9.96. The van der Waals surface area contributed by atoms with Gasteiger partial charge < -0.3 is 22.1 Å². The van der Waals surface area contributed by atoms with E-state index >= 15 is 0 Å². The van der Waals surface area contributed by atoms with E-state index in [4.69, 9.17) is 23.1 Å². The summed E-state index contributed by atoms with van der Waals surface area (Å²) < 4.78 is 0. The molecule has 0 unspecified atom stereocenters. The first-order valence-electron chi connectivity index (χ1n) is 8.96. The van der Waals surface area contributed by atoms with Gasteiger partial charge in [-0.2, -0.15) is 4.98 Å². The summed E-state index contributed by atoms with van der Waals surface area (Å²) in [5.41, 5.74) is 15.0. The summed E-state index contributed by atoms with van der Waals surface area (Å²) in [5, 5.41) is 6.50. The molecule has 1 aromatic heterocycles. The van der Waals surface area contributed by atoms with Gasteiger partial charge in [-0.3, -0.25) is 4.99 Å². The van der Waals surface area contributed by atoms with E-state index in [1.165, 1.54) is 12.4 Å². The molecule has 1 heterocycles. The first-order valence-corrected chi connectivity index (χ1v) is 9.34. The normalized spacial score (nSPS) is 11.1. The van der Waals surface area contributed by atoms with E-state index in [1.807, 2.05) is 36.4 Å². The molecule has 150 valence electrons. The third kappa shape index (κ3) is 5.50. The second-order valence-electron chi connectivity index (χ2n) is 6.07. The molecule has 0 aliphatic rings. The van der Waals surface area contributed by atoms with Gasteiger partial charge in [0.2, 0.25) is 5.95 Å². The minimum Gasteiger partial charge on any atom is -0.403 e. The van der Waals surface area contributed by atoms with Crippen molar-refractivity contribution in [2.45, 2.75) is 0 Å². The highest BCUT2D eigenvalue weighted by Crippen LogP contribution is 2.27. The predicted octanol–water partition coefficient (Wildman–Crippen LogP) is 3.77. The summed E-state index contributed by atoms with van der Waals surface area (Å²) in [7, 11) is 1.64. The van der Waals surface area contributed by atoms with Crippen molar-refractivity contribution in [3.63, 3.8) is 0 Å². The molecule has 30 heavy (non-hydrogen) atoms. The number of hydrogen-bond donors (Lipinski definition) is 4. The average molecular weight is 418 g/mol. The average Bonchev–Trinajstić information content (AvgIpc) is 2.76. The van der Waals surface area contributed by atoms with Crippen molar-refractivity contribution in [2.75, 3.05) is 23.4 Å². The molecule has 0 aliphatic heterocycles.